The number of carboxylic acids is 1. The van der Waals surface area contributed by atoms with E-state index in [4.69, 9.17) is 21.0 Å². The van der Waals surface area contributed by atoms with E-state index in [1.54, 1.807) is 29.2 Å². The Morgan fingerprint density at radius 3 is 2.54 bits per heavy atom. The first-order chi connectivity index (χ1) is 17.2. The number of nitrogens with two attached hydrogens (primary N) is 1. The number of rotatable bonds is 6. The zero-order valence-corrected chi connectivity index (χ0v) is 21.0. The Labute approximate surface area is 214 Å². The Morgan fingerprint density at radius 1 is 1.24 bits per heavy atom. The monoisotopic (exact) mass is 556 g/mol. The largest absolute Gasteiger partial charge is 0.490 e. The summed E-state index contributed by atoms with van der Waals surface area (Å²) in [5, 5.41) is 15.5. The first kappa shape index (κ1) is 28.1. The molecule has 1 fully saturated rings. The second kappa shape index (κ2) is 10.9. The third-order valence-electron chi connectivity index (χ3n) is 5.37. The molecule has 0 aliphatic carbocycles. The summed E-state index contributed by atoms with van der Waals surface area (Å²) < 4.78 is 61.2. The van der Waals surface area contributed by atoms with Gasteiger partial charge in [0, 0.05) is 23.4 Å². The van der Waals surface area contributed by atoms with Crippen molar-refractivity contribution >= 4 is 49.2 Å². The average molecular weight is 557 g/mol. The zero-order chi connectivity index (χ0) is 27.5. The number of aliphatic carboxylic acids is 1. The van der Waals surface area contributed by atoms with Crippen molar-refractivity contribution in [2.45, 2.75) is 36.3 Å². The topological polar surface area (TPSA) is 154 Å². The Hall–Kier alpha value is -3.49. The first-order valence-corrected chi connectivity index (χ1v) is 13.0. The number of hydrogen-bond acceptors (Lipinski definition) is 6. The maximum absolute atomic E-state index is 12.9. The number of aryl methyl sites for hydroxylation is 1. The zero-order valence-electron chi connectivity index (χ0n) is 19.4. The number of thiophene rings is 1. The van der Waals surface area contributed by atoms with E-state index >= 15 is 0 Å². The molecule has 198 valence electrons. The number of nitrogen functional groups attached to an aromatic ring is 1. The molecular formula is C23H23F3N4O5S2. The number of halogens is 3. The van der Waals surface area contributed by atoms with Crippen LogP contribution in [0.4, 0.5) is 13.2 Å². The lowest BCUT2D eigenvalue weighted by atomic mass is 10.1. The predicted octanol–water partition coefficient (Wildman–Crippen LogP) is 3.21. The molecule has 37 heavy (non-hydrogen) atoms. The molecule has 2 aromatic carbocycles. The maximum Gasteiger partial charge on any atom is 0.490 e. The number of sulfonamides is 1. The van der Waals surface area contributed by atoms with Gasteiger partial charge >= 0.3 is 12.1 Å². The van der Waals surface area contributed by atoms with Crippen LogP contribution in [0.1, 0.15) is 23.1 Å². The van der Waals surface area contributed by atoms with Crippen LogP contribution in [0.2, 0.25) is 0 Å². The Kier molecular flexibility index (Phi) is 8.25. The van der Waals surface area contributed by atoms with Crippen molar-refractivity contribution in [1.82, 2.24) is 9.62 Å². The second-order valence-corrected chi connectivity index (χ2v) is 11.3. The molecule has 1 aliphatic rings. The highest BCUT2D eigenvalue weighted by atomic mass is 32.2. The van der Waals surface area contributed by atoms with Gasteiger partial charge in [0.2, 0.25) is 5.91 Å². The lowest BCUT2D eigenvalue weighted by Crippen LogP contribution is -2.41. The number of nitrogens with zero attached hydrogens (tertiary/aromatic N) is 1. The van der Waals surface area contributed by atoms with E-state index in [1.807, 2.05) is 31.2 Å². The van der Waals surface area contributed by atoms with Crippen molar-refractivity contribution in [3.63, 3.8) is 0 Å². The summed E-state index contributed by atoms with van der Waals surface area (Å²) in [4.78, 5) is 23.3. The van der Waals surface area contributed by atoms with Crippen LogP contribution < -0.4 is 10.5 Å². The van der Waals surface area contributed by atoms with Crippen LogP contribution in [0, 0.1) is 12.3 Å². The Morgan fingerprint density at radius 2 is 1.92 bits per heavy atom. The number of fused-ring (bicyclic) bond motifs is 1. The SMILES string of the molecule is Cc1ccc2cc(S(=O)(=O)NC3CCN(Cc4cccc(C(=N)N)c4)C3=O)sc2c1.O=C(O)C(F)(F)F. The molecule has 1 atom stereocenters. The van der Waals surface area contributed by atoms with Gasteiger partial charge in [0.15, 0.2) is 0 Å². The molecule has 2 heterocycles. The van der Waals surface area contributed by atoms with Crippen LogP contribution in [-0.4, -0.2) is 54.9 Å². The number of nitrogens with one attached hydrogen (secondary N) is 2. The molecule has 1 aliphatic heterocycles. The van der Waals surface area contributed by atoms with Crippen molar-refractivity contribution < 1.29 is 36.3 Å². The molecular weight excluding hydrogens is 533 g/mol. The van der Waals surface area contributed by atoms with E-state index < -0.39 is 28.2 Å². The number of likely N-dealkylation sites (tertiary alicyclic amines) is 1. The Bertz CT molecular complexity index is 1450. The van der Waals surface area contributed by atoms with Crippen molar-refractivity contribution in [1.29, 1.82) is 5.41 Å². The minimum atomic E-state index is -5.08. The Balaban J connectivity index is 0.000000479. The number of amidine groups is 1. The fourth-order valence-electron chi connectivity index (χ4n) is 3.55. The molecule has 0 spiro atoms. The molecule has 3 aromatic rings. The van der Waals surface area contributed by atoms with Gasteiger partial charge in [0.05, 0.1) is 0 Å². The molecule has 5 N–H and O–H groups in total. The molecule has 14 heteroatoms. The first-order valence-electron chi connectivity index (χ1n) is 10.7. The van der Waals surface area contributed by atoms with E-state index in [0.29, 0.717) is 25.1 Å². The van der Waals surface area contributed by atoms with Crippen molar-refractivity contribution in [3.05, 3.63) is 65.2 Å². The molecule has 0 bridgehead atoms. The van der Waals surface area contributed by atoms with Gasteiger partial charge in [-0.05, 0) is 48.1 Å². The minimum absolute atomic E-state index is 0.0336. The standard InChI is InChI=1S/C21H22N4O3S2.C2HF3O2/c1-13-5-6-15-11-19(29-18(15)9-13)30(27,28)24-17-7-8-25(21(17)26)12-14-3-2-4-16(10-14)20(22)23;3-2(4,5)1(6)7/h2-6,9-11,17,24H,7-8,12H2,1H3,(H3,22,23);(H,6,7). The summed E-state index contributed by atoms with van der Waals surface area (Å²) in [7, 11) is -3.79. The average Bonchev–Trinajstić information content (AvgIpc) is 3.38. The van der Waals surface area contributed by atoms with Gasteiger partial charge in [-0.15, -0.1) is 11.3 Å². The van der Waals surface area contributed by atoms with Gasteiger partial charge in [0.1, 0.15) is 16.1 Å². The van der Waals surface area contributed by atoms with E-state index in [1.165, 1.54) is 11.3 Å². The fraction of sp³-hybridized carbons (Fsp3) is 0.261. The predicted molar refractivity (Wildman–Crippen MR) is 132 cm³/mol. The molecule has 0 saturated carbocycles. The minimum Gasteiger partial charge on any atom is -0.475 e. The van der Waals surface area contributed by atoms with Gasteiger partial charge < -0.3 is 15.7 Å². The molecule has 1 unspecified atom stereocenters. The van der Waals surface area contributed by atoms with Crippen LogP contribution in [0.15, 0.2) is 52.7 Å². The van der Waals surface area contributed by atoms with Crippen molar-refractivity contribution in [2.24, 2.45) is 5.73 Å². The number of carbonyl (C=O) groups is 2. The highest BCUT2D eigenvalue weighted by Gasteiger charge is 2.38. The third kappa shape index (κ3) is 7.05. The smallest absolute Gasteiger partial charge is 0.475 e. The number of amides is 1. The summed E-state index contributed by atoms with van der Waals surface area (Å²) in [5.74, 6) is -3.04. The number of benzene rings is 2. The third-order valence-corrected chi connectivity index (χ3v) is 8.41. The molecule has 1 aromatic heterocycles. The van der Waals surface area contributed by atoms with Gasteiger partial charge in [-0.25, -0.2) is 13.2 Å². The second-order valence-electron chi connectivity index (χ2n) is 8.25. The number of carboxylic acid groups (broad SMARTS) is 1. The van der Waals surface area contributed by atoms with Gasteiger partial charge in [-0.2, -0.15) is 17.9 Å². The molecule has 0 radical (unpaired) electrons. The number of alkyl halides is 3. The normalized spacial score (nSPS) is 15.9. The van der Waals surface area contributed by atoms with Crippen LogP contribution in [0.25, 0.3) is 10.1 Å². The number of hydrogen-bond donors (Lipinski definition) is 4. The van der Waals surface area contributed by atoms with Gasteiger partial charge in [-0.1, -0.05) is 30.3 Å². The van der Waals surface area contributed by atoms with Crippen molar-refractivity contribution in [3.8, 4) is 0 Å². The molecule has 9 nitrogen and oxygen atoms in total. The summed E-state index contributed by atoms with van der Waals surface area (Å²) >= 11 is 1.20. The van der Waals surface area contributed by atoms with Crippen LogP contribution >= 0.6 is 11.3 Å². The van der Waals surface area contributed by atoms with E-state index in [0.717, 1.165) is 21.2 Å². The van der Waals surface area contributed by atoms with Crippen LogP contribution in [0.5, 0.6) is 0 Å². The fourth-order valence-corrected chi connectivity index (χ4v) is 6.29. The summed E-state index contributed by atoms with van der Waals surface area (Å²) in [6.07, 6.45) is -4.67. The highest BCUT2D eigenvalue weighted by Crippen LogP contribution is 2.30. The summed E-state index contributed by atoms with van der Waals surface area (Å²) in [5.41, 5.74) is 8.03. The van der Waals surface area contributed by atoms with Gasteiger partial charge in [-0.3, -0.25) is 10.2 Å². The molecule has 4 rings (SSSR count). The lowest BCUT2D eigenvalue weighted by molar-refractivity contribution is -0.192. The number of carbonyl (C=O) groups excluding carboxylic acids is 1. The van der Waals surface area contributed by atoms with Crippen LogP contribution in [0.3, 0.4) is 0 Å². The van der Waals surface area contributed by atoms with E-state index in [-0.39, 0.29) is 16.0 Å². The lowest BCUT2D eigenvalue weighted by Gasteiger charge is -2.17. The van der Waals surface area contributed by atoms with Crippen LogP contribution in [-0.2, 0) is 26.2 Å². The van der Waals surface area contributed by atoms with Crippen molar-refractivity contribution in [2.75, 3.05) is 6.54 Å². The maximum atomic E-state index is 12.9. The highest BCUT2D eigenvalue weighted by molar-refractivity contribution is 7.91. The molecule has 1 amide bonds. The van der Waals surface area contributed by atoms with Gasteiger partial charge in [0.25, 0.3) is 10.0 Å². The quantitative estimate of drug-likeness (QED) is 0.270. The molecule has 1 saturated heterocycles. The van der Waals surface area contributed by atoms with E-state index in [9.17, 15) is 26.4 Å². The summed E-state index contributed by atoms with van der Waals surface area (Å²) in [6, 6.07) is 13.8. The summed E-state index contributed by atoms with van der Waals surface area (Å²) in [6.45, 7) is 2.77. The van der Waals surface area contributed by atoms with E-state index in [2.05, 4.69) is 4.72 Å².